The van der Waals surface area contributed by atoms with Gasteiger partial charge < -0.3 is 14.5 Å². The van der Waals surface area contributed by atoms with Gasteiger partial charge in [0.15, 0.2) is 0 Å². The van der Waals surface area contributed by atoms with E-state index in [9.17, 15) is 22.4 Å². The molecule has 0 unspecified atom stereocenters. The fourth-order valence-electron chi connectivity index (χ4n) is 3.05. The van der Waals surface area contributed by atoms with Crippen LogP contribution in [0.25, 0.3) is 11.0 Å². The SMILES string of the molecule is O=CC[C@H](Cn1cc(CC(=O)O)c2cccnc21)NS(=O)(=O)c1ccc(F)cc1. The van der Waals surface area contributed by atoms with Gasteiger partial charge in [-0.3, -0.25) is 4.79 Å². The Morgan fingerprint density at radius 3 is 2.66 bits per heavy atom. The largest absolute Gasteiger partial charge is 0.481 e. The molecule has 0 saturated carbocycles. The molecule has 0 bridgehead atoms. The van der Waals surface area contributed by atoms with Gasteiger partial charge in [-0.1, -0.05) is 0 Å². The number of benzene rings is 1. The minimum Gasteiger partial charge on any atom is -0.481 e. The number of pyridine rings is 1. The Balaban J connectivity index is 1.90. The summed E-state index contributed by atoms with van der Waals surface area (Å²) in [5.41, 5.74) is 1.02. The summed E-state index contributed by atoms with van der Waals surface area (Å²) in [6, 6.07) is 6.93. The second kappa shape index (κ2) is 8.50. The second-order valence-electron chi connectivity index (χ2n) is 6.43. The summed E-state index contributed by atoms with van der Waals surface area (Å²) in [6.07, 6.45) is 3.40. The Labute approximate surface area is 166 Å². The smallest absolute Gasteiger partial charge is 0.307 e. The third-order valence-corrected chi connectivity index (χ3v) is 5.84. The van der Waals surface area contributed by atoms with E-state index in [1.54, 1.807) is 29.1 Å². The van der Waals surface area contributed by atoms with E-state index in [0.717, 1.165) is 24.3 Å². The fourth-order valence-corrected chi connectivity index (χ4v) is 4.29. The molecule has 0 fully saturated rings. The van der Waals surface area contributed by atoms with Crippen molar-refractivity contribution in [2.45, 2.75) is 30.3 Å². The van der Waals surface area contributed by atoms with E-state index in [2.05, 4.69) is 9.71 Å². The van der Waals surface area contributed by atoms with E-state index in [0.29, 0.717) is 22.9 Å². The van der Waals surface area contributed by atoms with Crippen LogP contribution < -0.4 is 4.72 Å². The molecule has 0 spiro atoms. The number of sulfonamides is 1. The average molecular weight is 419 g/mol. The number of aldehydes is 1. The van der Waals surface area contributed by atoms with Crippen molar-refractivity contribution in [1.29, 1.82) is 0 Å². The first-order valence-corrected chi connectivity index (χ1v) is 10.1. The number of fused-ring (bicyclic) bond motifs is 1. The molecule has 2 aromatic heterocycles. The minimum atomic E-state index is -3.99. The lowest BCUT2D eigenvalue weighted by Crippen LogP contribution is -2.38. The molecule has 0 aliphatic heterocycles. The lowest BCUT2D eigenvalue weighted by molar-refractivity contribution is -0.136. The van der Waals surface area contributed by atoms with Gasteiger partial charge in [0.05, 0.1) is 11.3 Å². The number of rotatable bonds is 9. The second-order valence-corrected chi connectivity index (χ2v) is 8.14. The van der Waals surface area contributed by atoms with Gasteiger partial charge in [-0.2, -0.15) is 0 Å². The van der Waals surface area contributed by atoms with Crippen molar-refractivity contribution in [3.05, 3.63) is 60.2 Å². The zero-order valence-electron chi connectivity index (χ0n) is 15.2. The molecule has 1 atom stereocenters. The van der Waals surface area contributed by atoms with Crippen LogP contribution in [-0.2, 0) is 32.6 Å². The zero-order valence-corrected chi connectivity index (χ0v) is 16.0. The molecule has 2 N–H and O–H groups in total. The van der Waals surface area contributed by atoms with Crippen LogP contribution in [0.15, 0.2) is 53.7 Å². The van der Waals surface area contributed by atoms with Crippen molar-refractivity contribution in [2.75, 3.05) is 0 Å². The summed E-state index contributed by atoms with van der Waals surface area (Å²) < 4.78 is 42.3. The number of carbonyl (C=O) groups is 2. The van der Waals surface area contributed by atoms with Crippen LogP contribution in [0.4, 0.5) is 4.39 Å². The molecule has 0 aliphatic rings. The predicted octanol–water partition coefficient (Wildman–Crippen LogP) is 1.74. The highest BCUT2D eigenvalue weighted by molar-refractivity contribution is 7.89. The number of hydrogen-bond donors (Lipinski definition) is 2. The minimum absolute atomic E-state index is 0.0618. The van der Waals surface area contributed by atoms with Crippen LogP contribution in [0.2, 0.25) is 0 Å². The molecule has 10 heteroatoms. The first-order chi connectivity index (χ1) is 13.8. The van der Waals surface area contributed by atoms with Crippen LogP contribution in [0, 0.1) is 5.82 Å². The number of carboxylic acids is 1. The first kappa shape index (κ1) is 20.6. The highest BCUT2D eigenvalue weighted by Gasteiger charge is 2.22. The van der Waals surface area contributed by atoms with Gasteiger partial charge in [-0.15, -0.1) is 0 Å². The topological polar surface area (TPSA) is 118 Å². The number of hydrogen-bond acceptors (Lipinski definition) is 5. The van der Waals surface area contributed by atoms with E-state index in [1.807, 2.05) is 0 Å². The number of carboxylic acid groups (broad SMARTS) is 1. The van der Waals surface area contributed by atoms with Gasteiger partial charge in [-0.25, -0.2) is 22.5 Å². The van der Waals surface area contributed by atoms with Gasteiger partial charge in [0.1, 0.15) is 17.8 Å². The zero-order chi connectivity index (χ0) is 21.0. The number of carbonyl (C=O) groups excluding carboxylic acids is 1. The van der Waals surface area contributed by atoms with Crippen LogP contribution in [0.1, 0.15) is 12.0 Å². The van der Waals surface area contributed by atoms with Crippen molar-refractivity contribution < 1.29 is 27.5 Å². The van der Waals surface area contributed by atoms with Crippen molar-refractivity contribution in [1.82, 2.24) is 14.3 Å². The van der Waals surface area contributed by atoms with Gasteiger partial charge in [0.25, 0.3) is 0 Å². The van der Waals surface area contributed by atoms with Gasteiger partial charge in [0.2, 0.25) is 10.0 Å². The molecule has 0 aliphatic carbocycles. The van der Waals surface area contributed by atoms with Crippen molar-refractivity contribution in [3.8, 4) is 0 Å². The molecule has 3 rings (SSSR count). The van der Waals surface area contributed by atoms with Gasteiger partial charge in [-0.05, 0) is 42.0 Å². The molecule has 152 valence electrons. The number of aromatic nitrogens is 2. The number of aliphatic carboxylic acids is 1. The van der Waals surface area contributed by atoms with Crippen LogP contribution in [0.3, 0.4) is 0 Å². The molecular weight excluding hydrogens is 401 g/mol. The Morgan fingerprint density at radius 2 is 2.00 bits per heavy atom. The van der Waals surface area contributed by atoms with E-state index >= 15 is 0 Å². The summed E-state index contributed by atoms with van der Waals surface area (Å²) in [5.74, 6) is -1.57. The van der Waals surface area contributed by atoms with Crippen LogP contribution in [0.5, 0.6) is 0 Å². The van der Waals surface area contributed by atoms with Crippen molar-refractivity contribution in [3.63, 3.8) is 0 Å². The molecular formula is C19H18FN3O5S. The highest BCUT2D eigenvalue weighted by Crippen LogP contribution is 2.21. The highest BCUT2D eigenvalue weighted by atomic mass is 32.2. The molecule has 8 nitrogen and oxygen atoms in total. The standard InChI is InChI=1S/C19H18FN3O5S/c20-14-3-5-16(6-4-14)29(27,28)22-15(7-9-24)12-23-11-13(10-18(25)26)17-2-1-8-21-19(17)23/h1-6,8-9,11,15,22H,7,10,12H2,(H,25,26)/t15-/m1/s1. The Hall–Kier alpha value is -3.11. The lowest BCUT2D eigenvalue weighted by atomic mass is 10.2. The lowest BCUT2D eigenvalue weighted by Gasteiger charge is -2.18. The van der Waals surface area contributed by atoms with Crippen molar-refractivity contribution >= 4 is 33.3 Å². The van der Waals surface area contributed by atoms with E-state index in [-0.39, 0.29) is 24.3 Å². The average Bonchev–Trinajstić information content (AvgIpc) is 2.99. The molecule has 0 saturated heterocycles. The summed E-state index contributed by atoms with van der Waals surface area (Å²) in [5, 5.41) is 9.75. The van der Waals surface area contributed by atoms with Crippen molar-refractivity contribution in [2.24, 2.45) is 0 Å². The molecule has 29 heavy (non-hydrogen) atoms. The maximum atomic E-state index is 13.1. The van der Waals surface area contributed by atoms with Gasteiger partial charge in [0, 0.05) is 36.8 Å². The maximum Gasteiger partial charge on any atom is 0.307 e. The van der Waals surface area contributed by atoms with E-state index in [1.165, 1.54) is 0 Å². The van der Waals surface area contributed by atoms with Gasteiger partial charge >= 0.3 is 5.97 Å². The van der Waals surface area contributed by atoms with Crippen LogP contribution >= 0.6 is 0 Å². The Kier molecular flexibility index (Phi) is 6.04. The molecule has 0 radical (unpaired) electrons. The quantitative estimate of drug-likeness (QED) is 0.510. The van der Waals surface area contributed by atoms with Crippen LogP contribution in [-0.4, -0.2) is 41.4 Å². The third kappa shape index (κ3) is 4.84. The third-order valence-electron chi connectivity index (χ3n) is 4.30. The summed E-state index contributed by atoms with van der Waals surface area (Å²) >= 11 is 0. The summed E-state index contributed by atoms with van der Waals surface area (Å²) in [6.45, 7) is 0.0618. The number of nitrogens with one attached hydrogen (secondary N) is 1. The monoisotopic (exact) mass is 419 g/mol. The molecule has 2 heterocycles. The molecule has 3 aromatic rings. The molecule has 0 amide bonds. The summed E-state index contributed by atoms with van der Waals surface area (Å²) in [7, 11) is -3.99. The first-order valence-electron chi connectivity index (χ1n) is 8.66. The number of halogens is 1. The van der Waals surface area contributed by atoms with E-state index in [4.69, 9.17) is 5.11 Å². The molecule has 1 aromatic carbocycles. The normalized spacial score (nSPS) is 12.7. The summed E-state index contributed by atoms with van der Waals surface area (Å²) in [4.78, 5) is 26.3. The fraction of sp³-hybridized carbons (Fsp3) is 0.211. The Morgan fingerprint density at radius 1 is 1.28 bits per heavy atom. The number of nitrogens with zero attached hydrogens (tertiary/aromatic N) is 2. The Bertz CT molecular complexity index is 1140. The van der Waals surface area contributed by atoms with E-state index < -0.39 is 27.9 Å². The maximum absolute atomic E-state index is 13.1. The predicted molar refractivity (Wildman–Crippen MR) is 102 cm³/mol.